The molecule has 0 aliphatic carbocycles. The highest BCUT2D eigenvalue weighted by Crippen LogP contribution is 2.31. The fourth-order valence-corrected chi connectivity index (χ4v) is 3.31. The van der Waals surface area contributed by atoms with Crippen molar-refractivity contribution in [3.05, 3.63) is 53.1 Å². The Hall–Kier alpha value is -3.17. The Labute approximate surface area is 171 Å². The summed E-state index contributed by atoms with van der Waals surface area (Å²) in [7, 11) is 0. The van der Waals surface area contributed by atoms with E-state index in [9.17, 15) is 22.8 Å². The first kappa shape index (κ1) is 21.5. The first-order valence-corrected chi connectivity index (χ1v) is 9.36. The predicted octanol–water partition coefficient (Wildman–Crippen LogP) is 2.69. The summed E-state index contributed by atoms with van der Waals surface area (Å²) in [6.07, 6.45) is -1.79. The van der Waals surface area contributed by atoms with E-state index in [4.69, 9.17) is 10.5 Å². The van der Waals surface area contributed by atoms with Crippen LogP contribution in [0.5, 0.6) is 5.75 Å². The number of carbonyl (C=O) groups excluding carboxylic acids is 2. The highest BCUT2D eigenvalue weighted by atomic mass is 19.4. The Kier molecular flexibility index (Phi) is 6.23. The molecule has 30 heavy (non-hydrogen) atoms. The maximum absolute atomic E-state index is 12.8. The van der Waals surface area contributed by atoms with Crippen molar-refractivity contribution in [2.24, 2.45) is 5.73 Å². The number of likely N-dealkylation sites (tertiary alicyclic amines) is 1. The van der Waals surface area contributed by atoms with E-state index >= 15 is 0 Å². The average molecular weight is 422 g/mol. The van der Waals surface area contributed by atoms with Crippen LogP contribution in [0, 0.1) is 6.92 Å². The van der Waals surface area contributed by atoms with Gasteiger partial charge in [-0.3, -0.25) is 9.59 Å². The topological polar surface area (TPSA) is 98.4 Å². The summed E-state index contributed by atoms with van der Waals surface area (Å²) in [4.78, 5) is 33.8. The largest absolute Gasteiger partial charge is 0.484 e. The molecule has 3 rings (SSSR count). The van der Waals surface area contributed by atoms with Gasteiger partial charge in [-0.2, -0.15) is 13.2 Å². The summed E-state index contributed by atoms with van der Waals surface area (Å²) in [6.45, 7) is 2.26. The van der Waals surface area contributed by atoms with Crippen LogP contribution in [0.2, 0.25) is 0 Å². The second kappa shape index (κ2) is 8.68. The molecule has 0 saturated carbocycles. The summed E-state index contributed by atoms with van der Waals surface area (Å²) in [5, 5.41) is 0. The minimum absolute atomic E-state index is 0.00789. The van der Waals surface area contributed by atoms with Crippen molar-refractivity contribution in [3.8, 4) is 5.75 Å². The van der Waals surface area contributed by atoms with E-state index in [0.29, 0.717) is 37.4 Å². The van der Waals surface area contributed by atoms with E-state index in [1.165, 1.54) is 18.3 Å². The number of hydrogen-bond donors (Lipinski definition) is 1. The number of primary amides is 1. The zero-order chi connectivity index (χ0) is 21.9. The van der Waals surface area contributed by atoms with Gasteiger partial charge < -0.3 is 15.4 Å². The number of alkyl halides is 3. The molecule has 1 fully saturated rings. The van der Waals surface area contributed by atoms with Crippen LogP contribution in [0.15, 0.2) is 30.5 Å². The highest BCUT2D eigenvalue weighted by molar-refractivity contribution is 5.93. The fourth-order valence-electron chi connectivity index (χ4n) is 3.31. The molecule has 0 unspecified atom stereocenters. The van der Waals surface area contributed by atoms with Crippen LogP contribution in [0.4, 0.5) is 13.2 Å². The standard InChI is InChI=1S/C20H21F3N4O3/c1-12-16(18(24)29)10-25-19(26-12)13-5-7-27(8-6-13)17(28)11-30-15-4-2-3-14(9-15)20(21,22)23/h2-4,9-10,13H,5-8,11H2,1H3,(H2,24,29). The SMILES string of the molecule is Cc1nc(C2CCN(C(=O)COc3cccc(C(F)(F)F)c3)CC2)ncc1C(N)=O. The summed E-state index contributed by atoms with van der Waals surface area (Å²) in [5.74, 6) is -0.248. The number of nitrogens with zero attached hydrogens (tertiary/aromatic N) is 3. The van der Waals surface area contributed by atoms with Crippen LogP contribution < -0.4 is 10.5 Å². The lowest BCUT2D eigenvalue weighted by molar-refractivity contribution is -0.137. The lowest BCUT2D eigenvalue weighted by Gasteiger charge is -2.31. The molecule has 0 radical (unpaired) electrons. The molecule has 7 nitrogen and oxygen atoms in total. The van der Waals surface area contributed by atoms with Crippen LogP contribution >= 0.6 is 0 Å². The number of nitrogens with two attached hydrogens (primary N) is 1. The molecule has 0 atom stereocenters. The number of ether oxygens (including phenoxy) is 1. The van der Waals surface area contributed by atoms with Crippen LogP contribution in [0.3, 0.4) is 0 Å². The number of hydrogen-bond acceptors (Lipinski definition) is 5. The van der Waals surface area contributed by atoms with Crippen LogP contribution in [0.25, 0.3) is 0 Å². The van der Waals surface area contributed by atoms with Crippen LogP contribution in [0.1, 0.15) is 46.2 Å². The van der Waals surface area contributed by atoms with Gasteiger partial charge in [0.05, 0.1) is 16.8 Å². The van der Waals surface area contributed by atoms with Crippen LogP contribution in [-0.2, 0) is 11.0 Å². The molecule has 2 amide bonds. The molecule has 0 spiro atoms. The molecule has 10 heteroatoms. The molecule has 1 saturated heterocycles. The molecule has 2 aromatic rings. The molecule has 160 valence electrons. The first-order valence-electron chi connectivity index (χ1n) is 9.36. The number of halogens is 3. The van der Waals surface area contributed by atoms with E-state index in [2.05, 4.69) is 9.97 Å². The lowest BCUT2D eigenvalue weighted by atomic mass is 9.95. The van der Waals surface area contributed by atoms with E-state index in [1.54, 1.807) is 11.8 Å². The predicted molar refractivity (Wildman–Crippen MR) is 101 cm³/mol. The fraction of sp³-hybridized carbons (Fsp3) is 0.400. The average Bonchev–Trinajstić information content (AvgIpc) is 2.71. The smallest absolute Gasteiger partial charge is 0.416 e. The second-order valence-corrected chi connectivity index (χ2v) is 7.06. The van der Waals surface area contributed by atoms with Crippen molar-refractivity contribution in [3.63, 3.8) is 0 Å². The van der Waals surface area contributed by atoms with Gasteiger partial charge in [-0.05, 0) is 38.0 Å². The van der Waals surface area contributed by atoms with Crippen molar-refractivity contribution < 1.29 is 27.5 Å². The van der Waals surface area contributed by atoms with E-state index in [1.807, 2.05) is 0 Å². The monoisotopic (exact) mass is 422 g/mol. The molecule has 1 aliphatic heterocycles. The van der Waals surface area contributed by atoms with E-state index < -0.39 is 17.6 Å². The molecular formula is C20H21F3N4O3. The number of aryl methyl sites for hydroxylation is 1. The number of benzene rings is 1. The van der Waals surface area contributed by atoms with Gasteiger partial charge >= 0.3 is 6.18 Å². The molecular weight excluding hydrogens is 401 g/mol. The Bertz CT molecular complexity index is 941. The number of amides is 2. The zero-order valence-corrected chi connectivity index (χ0v) is 16.3. The zero-order valence-electron chi connectivity index (χ0n) is 16.3. The molecule has 2 heterocycles. The van der Waals surface area contributed by atoms with Gasteiger partial charge in [0, 0.05) is 25.2 Å². The van der Waals surface area contributed by atoms with Crippen molar-refractivity contribution in [1.82, 2.24) is 14.9 Å². The lowest BCUT2D eigenvalue weighted by Crippen LogP contribution is -2.40. The van der Waals surface area contributed by atoms with E-state index in [0.717, 1.165) is 12.1 Å². The second-order valence-electron chi connectivity index (χ2n) is 7.06. The maximum Gasteiger partial charge on any atom is 0.416 e. The minimum Gasteiger partial charge on any atom is -0.484 e. The van der Waals surface area contributed by atoms with Gasteiger partial charge in [-0.25, -0.2) is 9.97 Å². The van der Waals surface area contributed by atoms with Crippen molar-refractivity contribution in [2.75, 3.05) is 19.7 Å². The quantitative estimate of drug-likeness (QED) is 0.799. The van der Waals surface area contributed by atoms with Crippen molar-refractivity contribution >= 4 is 11.8 Å². The third-order valence-electron chi connectivity index (χ3n) is 5.00. The normalized spacial score (nSPS) is 15.1. The number of piperidine rings is 1. The summed E-state index contributed by atoms with van der Waals surface area (Å²) < 4.78 is 43.5. The van der Waals surface area contributed by atoms with Crippen molar-refractivity contribution in [2.45, 2.75) is 31.9 Å². The maximum atomic E-state index is 12.8. The molecule has 1 aromatic carbocycles. The van der Waals surface area contributed by atoms with Crippen LogP contribution in [-0.4, -0.2) is 46.4 Å². The Morgan fingerprint density at radius 3 is 2.57 bits per heavy atom. The molecule has 1 aliphatic rings. The van der Waals surface area contributed by atoms with Gasteiger partial charge in [0.25, 0.3) is 11.8 Å². The Balaban J connectivity index is 1.53. The van der Waals surface area contributed by atoms with Gasteiger partial charge in [0.1, 0.15) is 11.6 Å². The van der Waals surface area contributed by atoms with Gasteiger partial charge in [-0.1, -0.05) is 6.07 Å². The summed E-state index contributed by atoms with van der Waals surface area (Å²) >= 11 is 0. The summed E-state index contributed by atoms with van der Waals surface area (Å²) in [5.41, 5.74) is 5.23. The van der Waals surface area contributed by atoms with Gasteiger partial charge in [0.2, 0.25) is 0 Å². The molecule has 2 N–H and O–H groups in total. The number of aromatic nitrogens is 2. The van der Waals surface area contributed by atoms with Gasteiger partial charge in [0.15, 0.2) is 6.61 Å². The minimum atomic E-state index is -4.47. The first-order chi connectivity index (χ1) is 14.1. The third kappa shape index (κ3) is 5.05. The van der Waals surface area contributed by atoms with Gasteiger partial charge in [-0.15, -0.1) is 0 Å². The van der Waals surface area contributed by atoms with Crippen molar-refractivity contribution in [1.29, 1.82) is 0 Å². The third-order valence-corrected chi connectivity index (χ3v) is 5.00. The molecule has 0 bridgehead atoms. The highest BCUT2D eigenvalue weighted by Gasteiger charge is 2.31. The number of rotatable bonds is 5. The van der Waals surface area contributed by atoms with E-state index in [-0.39, 0.29) is 29.7 Å². The molecule has 1 aromatic heterocycles. The summed E-state index contributed by atoms with van der Waals surface area (Å²) in [6, 6.07) is 4.43. The number of carbonyl (C=O) groups is 2. The Morgan fingerprint density at radius 1 is 1.27 bits per heavy atom. The Morgan fingerprint density at radius 2 is 1.97 bits per heavy atom.